The van der Waals surface area contributed by atoms with Gasteiger partial charge in [0.25, 0.3) is 11.8 Å². The minimum Gasteiger partial charge on any atom is -0.490 e. The van der Waals surface area contributed by atoms with Crippen molar-refractivity contribution in [3.8, 4) is 11.5 Å². The number of rotatable bonds is 7. The molecule has 32 heavy (non-hydrogen) atoms. The lowest BCUT2D eigenvalue weighted by atomic mass is 10.2. The lowest BCUT2D eigenvalue weighted by molar-refractivity contribution is -0.137. The molecule has 2 amide bonds. The van der Waals surface area contributed by atoms with Crippen molar-refractivity contribution in [3.63, 3.8) is 0 Å². The highest BCUT2D eigenvalue weighted by Gasteiger charge is 2.19. The van der Waals surface area contributed by atoms with Crippen LogP contribution in [-0.4, -0.2) is 61.2 Å². The van der Waals surface area contributed by atoms with Crippen LogP contribution < -0.4 is 14.8 Å². The molecule has 0 atom stereocenters. The maximum Gasteiger partial charge on any atom is 0.260 e. The maximum absolute atomic E-state index is 12.8. The van der Waals surface area contributed by atoms with Gasteiger partial charge in [-0.25, -0.2) is 4.98 Å². The molecule has 1 fully saturated rings. The van der Waals surface area contributed by atoms with Crippen molar-refractivity contribution >= 4 is 38.5 Å². The molecule has 0 spiro atoms. The predicted molar refractivity (Wildman–Crippen MR) is 123 cm³/mol. The van der Waals surface area contributed by atoms with Gasteiger partial charge < -0.3 is 19.1 Å². The second kappa shape index (κ2) is 9.97. The minimum atomic E-state index is -0.294. The number of aryl methyl sites for hydroxylation is 1. The zero-order valence-electron chi connectivity index (χ0n) is 18.1. The van der Waals surface area contributed by atoms with E-state index in [9.17, 15) is 9.59 Å². The monoisotopic (exact) mass is 455 g/mol. The van der Waals surface area contributed by atoms with Gasteiger partial charge in [-0.2, -0.15) is 0 Å². The van der Waals surface area contributed by atoms with Gasteiger partial charge in [0.1, 0.15) is 0 Å². The zero-order valence-corrected chi connectivity index (χ0v) is 18.9. The standard InChI is InChI=1S/C23H25N3O5S/c1-3-30-19-13-16(5-7-18(19)31-14-21(27)26-8-10-29-11-9-26)22(28)25-23-24-17-6-4-15(2)12-20(17)32-23/h4-7,12-13H,3,8-11,14H2,1-2H3,(H,24,25,28). The van der Waals surface area contributed by atoms with Gasteiger partial charge in [0, 0.05) is 18.7 Å². The van der Waals surface area contributed by atoms with Crippen LogP contribution in [0.25, 0.3) is 10.2 Å². The van der Waals surface area contributed by atoms with E-state index < -0.39 is 0 Å². The Labute approximate surface area is 190 Å². The Morgan fingerprint density at radius 1 is 1.12 bits per heavy atom. The van der Waals surface area contributed by atoms with E-state index in [1.54, 1.807) is 23.1 Å². The van der Waals surface area contributed by atoms with Crippen molar-refractivity contribution in [3.05, 3.63) is 47.5 Å². The largest absolute Gasteiger partial charge is 0.490 e. The molecule has 1 aromatic heterocycles. The first-order chi connectivity index (χ1) is 15.5. The number of morpholine rings is 1. The number of hydrogen-bond acceptors (Lipinski definition) is 7. The summed E-state index contributed by atoms with van der Waals surface area (Å²) in [6, 6.07) is 10.9. The minimum absolute atomic E-state index is 0.100. The van der Waals surface area contributed by atoms with Crippen molar-refractivity contribution in [2.24, 2.45) is 0 Å². The van der Waals surface area contributed by atoms with E-state index in [1.165, 1.54) is 11.3 Å². The van der Waals surface area contributed by atoms with E-state index in [0.29, 0.717) is 55.1 Å². The molecule has 0 radical (unpaired) electrons. The molecule has 2 heterocycles. The van der Waals surface area contributed by atoms with Crippen LogP contribution in [0.15, 0.2) is 36.4 Å². The lowest BCUT2D eigenvalue weighted by Gasteiger charge is -2.26. The van der Waals surface area contributed by atoms with Gasteiger partial charge in [-0.05, 0) is 49.7 Å². The molecule has 1 aliphatic rings. The van der Waals surface area contributed by atoms with Crippen molar-refractivity contribution in [2.75, 3.05) is 44.8 Å². The van der Waals surface area contributed by atoms with Crippen molar-refractivity contribution < 1.29 is 23.8 Å². The SMILES string of the molecule is CCOc1cc(C(=O)Nc2nc3ccc(C)cc3s2)ccc1OCC(=O)N1CCOCC1. The number of ether oxygens (including phenoxy) is 3. The number of fused-ring (bicyclic) bond motifs is 1. The number of nitrogens with zero attached hydrogens (tertiary/aromatic N) is 2. The van der Waals surface area contributed by atoms with Crippen LogP contribution in [-0.2, 0) is 9.53 Å². The summed E-state index contributed by atoms with van der Waals surface area (Å²) in [5, 5.41) is 3.38. The summed E-state index contributed by atoms with van der Waals surface area (Å²) in [6.07, 6.45) is 0. The Morgan fingerprint density at radius 3 is 2.72 bits per heavy atom. The van der Waals surface area contributed by atoms with Gasteiger partial charge in [-0.15, -0.1) is 0 Å². The fourth-order valence-corrected chi connectivity index (χ4v) is 4.29. The van der Waals surface area contributed by atoms with Crippen molar-refractivity contribution in [1.82, 2.24) is 9.88 Å². The first-order valence-corrected chi connectivity index (χ1v) is 11.3. The van der Waals surface area contributed by atoms with Crippen LogP contribution in [0, 0.1) is 6.92 Å². The van der Waals surface area contributed by atoms with E-state index in [2.05, 4.69) is 10.3 Å². The molecule has 8 nitrogen and oxygen atoms in total. The second-order valence-corrected chi connectivity index (χ2v) is 8.35. The molecule has 2 aromatic carbocycles. The van der Waals surface area contributed by atoms with Gasteiger partial charge in [0.15, 0.2) is 23.2 Å². The average molecular weight is 456 g/mol. The van der Waals surface area contributed by atoms with Crippen LogP contribution >= 0.6 is 11.3 Å². The first-order valence-electron chi connectivity index (χ1n) is 10.5. The Hall–Kier alpha value is -3.17. The molecule has 0 bridgehead atoms. The highest BCUT2D eigenvalue weighted by Crippen LogP contribution is 2.30. The summed E-state index contributed by atoms with van der Waals surface area (Å²) >= 11 is 1.43. The molecule has 168 valence electrons. The number of nitrogens with one attached hydrogen (secondary N) is 1. The number of amides is 2. The molecule has 0 aliphatic carbocycles. The summed E-state index contributed by atoms with van der Waals surface area (Å²) in [4.78, 5) is 31.3. The first kappa shape index (κ1) is 22.0. The second-order valence-electron chi connectivity index (χ2n) is 7.32. The van der Waals surface area contributed by atoms with Crippen LogP contribution in [0.5, 0.6) is 11.5 Å². The van der Waals surface area contributed by atoms with E-state index in [1.807, 2.05) is 32.0 Å². The highest BCUT2D eigenvalue weighted by molar-refractivity contribution is 7.22. The van der Waals surface area contributed by atoms with Crippen LogP contribution in [0.3, 0.4) is 0 Å². The maximum atomic E-state index is 12.8. The summed E-state index contributed by atoms with van der Waals surface area (Å²) in [6.45, 7) is 6.36. The Bertz CT molecular complexity index is 1120. The van der Waals surface area contributed by atoms with Crippen molar-refractivity contribution in [2.45, 2.75) is 13.8 Å². The number of carbonyl (C=O) groups is 2. The molecule has 1 saturated heterocycles. The Kier molecular flexibility index (Phi) is 6.87. The third-order valence-electron chi connectivity index (χ3n) is 4.99. The van der Waals surface area contributed by atoms with E-state index in [0.717, 1.165) is 15.8 Å². The normalized spacial score (nSPS) is 13.8. The summed E-state index contributed by atoms with van der Waals surface area (Å²) < 4.78 is 17.6. The number of hydrogen-bond donors (Lipinski definition) is 1. The zero-order chi connectivity index (χ0) is 22.5. The number of thiazole rings is 1. The van der Waals surface area contributed by atoms with Crippen LogP contribution in [0.1, 0.15) is 22.8 Å². The average Bonchev–Trinajstić information content (AvgIpc) is 3.20. The van der Waals surface area contributed by atoms with E-state index in [-0.39, 0.29) is 18.4 Å². The summed E-state index contributed by atoms with van der Waals surface area (Å²) in [5.41, 5.74) is 2.40. The number of benzene rings is 2. The molecular weight excluding hydrogens is 430 g/mol. The molecule has 1 N–H and O–H groups in total. The topological polar surface area (TPSA) is 90.0 Å². The fourth-order valence-electron chi connectivity index (χ4n) is 3.33. The van der Waals surface area contributed by atoms with Crippen LogP contribution in [0.2, 0.25) is 0 Å². The molecular formula is C23H25N3O5S. The van der Waals surface area contributed by atoms with E-state index >= 15 is 0 Å². The predicted octanol–water partition coefficient (Wildman–Crippen LogP) is 3.49. The Morgan fingerprint density at radius 2 is 1.94 bits per heavy atom. The molecule has 1 aliphatic heterocycles. The van der Waals surface area contributed by atoms with Gasteiger partial charge in [0.05, 0.1) is 30.0 Å². The molecule has 9 heteroatoms. The molecule has 0 saturated carbocycles. The molecule has 0 unspecified atom stereocenters. The van der Waals surface area contributed by atoms with Gasteiger partial charge in [0.2, 0.25) is 0 Å². The molecule has 3 aromatic rings. The fraction of sp³-hybridized carbons (Fsp3) is 0.348. The van der Waals surface area contributed by atoms with Crippen LogP contribution in [0.4, 0.5) is 5.13 Å². The van der Waals surface area contributed by atoms with Gasteiger partial charge >= 0.3 is 0 Å². The van der Waals surface area contributed by atoms with Gasteiger partial charge in [-0.1, -0.05) is 17.4 Å². The number of carbonyl (C=O) groups excluding carboxylic acids is 2. The lowest BCUT2D eigenvalue weighted by Crippen LogP contribution is -2.43. The number of anilines is 1. The highest BCUT2D eigenvalue weighted by atomic mass is 32.1. The third-order valence-corrected chi connectivity index (χ3v) is 5.92. The molecule has 4 rings (SSSR count). The smallest absolute Gasteiger partial charge is 0.260 e. The third kappa shape index (κ3) is 5.17. The quantitative estimate of drug-likeness (QED) is 0.587. The van der Waals surface area contributed by atoms with E-state index in [4.69, 9.17) is 14.2 Å². The van der Waals surface area contributed by atoms with Gasteiger partial charge in [-0.3, -0.25) is 14.9 Å². The Balaban J connectivity index is 1.44. The summed E-state index contributed by atoms with van der Waals surface area (Å²) in [5.74, 6) is 0.427. The number of aromatic nitrogens is 1. The van der Waals surface area contributed by atoms with Crippen molar-refractivity contribution in [1.29, 1.82) is 0 Å². The summed E-state index contributed by atoms with van der Waals surface area (Å²) in [7, 11) is 0.